The largest absolute Gasteiger partial charge is 0.497 e. The minimum atomic E-state index is -0.715. The number of fused-ring (bicyclic) bond motifs is 1. The third kappa shape index (κ3) is 4.23. The highest BCUT2D eigenvalue weighted by Gasteiger charge is 2.23. The molecule has 0 N–H and O–H groups in total. The zero-order chi connectivity index (χ0) is 21.0. The second kappa shape index (κ2) is 9.02. The molecule has 152 valence electrons. The van der Waals surface area contributed by atoms with Crippen molar-refractivity contribution in [3.05, 3.63) is 58.2 Å². The molecule has 2 aromatic carbocycles. The van der Waals surface area contributed by atoms with Crippen LogP contribution in [0.25, 0.3) is 10.1 Å². The Bertz CT molecular complexity index is 1060. The third-order valence-electron chi connectivity index (χ3n) is 4.28. The minimum Gasteiger partial charge on any atom is -0.497 e. The van der Waals surface area contributed by atoms with Crippen LogP contribution in [0.5, 0.6) is 11.5 Å². The van der Waals surface area contributed by atoms with Gasteiger partial charge in [0.1, 0.15) is 22.2 Å². The molecule has 0 saturated carbocycles. The molecule has 1 heterocycles. The molecule has 0 saturated heterocycles. The van der Waals surface area contributed by atoms with Crippen molar-refractivity contribution in [2.75, 3.05) is 27.9 Å². The van der Waals surface area contributed by atoms with Crippen molar-refractivity contribution in [1.29, 1.82) is 0 Å². The van der Waals surface area contributed by atoms with Crippen LogP contribution < -0.4 is 9.47 Å². The molecule has 0 spiro atoms. The van der Waals surface area contributed by atoms with Crippen LogP contribution in [-0.2, 0) is 16.1 Å². The summed E-state index contributed by atoms with van der Waals surface area (Å²) in [6, 6.07) is 9.37. The number of halogens is 1. The zero-order valence-electron chi connectivity index (χ0n) is 16.1. The number of methoxy groups -OCH3 is 3. The van der Waals surface area contributed by atoms with Gasteiger partial charge in [-0.05, 0) is 30.3 Å². The topological polar surface area (TPSA) is 71.1 Å². The van der Waals surface area contributed by atoms with E-state index in [4.69, 9.17) is 18.9 Å². The number of ketones is 1. The molecule has 0 aliphatic carbocycles. The van der Waals surface area contributed by atoms with E-state index in [9.17, 15) is 14.0 Å². The highest BCUT2D eigenvalue weighted by Crippen LogP contribution is 2.34. The van der Waals surface area contributed by atoms with Crippen LogP contribution in [0.15, 0.2) is 36.4 Å². The van der Waals surface area contributed by atoms with Gasteiger partial charge in [0.2, 0.25) is 5.78 Å². The van der Waals surface area contributed by atoms with Crippen LogP contribution in [-0.4, -0.2) is 39.7 Å². The van der Waals surface area contributed by atoms with Gasteiger partial charge in [0.25, 0.3) is 0 Å². The number of hydrogen-bond donors (Lipinski definition) is 0. The van der Waals surface area contributed by atoms with Gasteiger partial charge in [-0.25, -0.2) is 9.18 Å². The van der Waals surface area contributed by atoms with Crippen LogP contribution in [0.2, 0.25) is 0 Å². The van der Waals surface area contributed by atoms with Crippen LogP contribution in [0.4, 0.5) is 4.39 Å². The fraction of sp³-hybridized carbons (Fsp3) is 0.238. The van der Waals surface area contributed by atoms with E-state index in [2.05, 4.69) is 0 Å². The summed E-state index contributed by atoms with van der Waals surface area (Å²) in [6.45, 7) is -0.450. The van der Waals surface area contributed by atoms with Gasteiger partial charge in [0.15, 0.2) is 6.61 Å². The molecule has 0 atom stereocenters. The molecule has 0 aliphatic rings. The zero-order valence-corrected chi connectivity index (χ0v) is 16.9. The smallest absolute Gasteiger partial charge is 0.349 e. The van der Waals surface area contributed by atoms with Crippen LogP contribution in [0.1, 0.15) is 25.6 Å². The van der Waals surface area contributed by atoms with Gasteiger partial charge >= 0.3 is 5.97 Å². The van der Waals surface area contributed by atoms with E-state index in [1.165, 1.54) is 33.5 Å². The lowest BCUT2D eigenvalue weighted by atomic mass is 10.1. The summed E-state index contributed by atoms with van der Waals surface area (Å²) in [6.07, 6.45) is 0. The number of benzene rings is 2. The van der Waals surface area contributed by atoms with Crippen molar-refractivity contribution < 1.29 is 32.9 Å². The van der Waals surface area contributed by atoms with Gasteiger partial charge in [-0.15, -0.1) is 11.3 Å². The average molecular weight is 418 g/mol. The van der Waals surface area contributed by atoms with Gasteiger partial charge in [-0.3, -0.25) is 4.79 Å². The van der Waals surface area contributed by atoms with Gasteiger partial charge in [0, 0.05) is 22.8 Å². The Morgan fingerprint density at radius 1 is 1.07 bits per heavy atom. The Morgan fingerprint density at radius 2 is 1.86 bits per heavy atom. The lowest BCUT2D eigenvalue weighted by Gasteiger charge is -2.10. The maximum Gasteiger partial charge on any atom is 0.349 e. The van der Waals surface area contributed by atoms with Gasteiger partial charge in [-0.2, -0.15) is 0 Å². The Labute approximate surface area is 170 Å². The Morgan fingerprint density at radius 3 is 2.55 bits per heavy atom. The summed E-state index contributed by atoms with van der Waals surface area (Å²) in [5.74, 6) is -0.789. The maximum atomic E-state index is 14.3. The SMILES string of the molecule is COCc1c(C(=O)OCC(=O)c2cc(OC)ccc2OC)sc2cccc(F)c12. The molecule has 3 rings (SSSR count). The molecule has 0 bridgehead atoms. The van der Waals surface area contributed by atoms with E-state index < -0.39 is 24.2 Å². The quantitative estimate of drug-likeness (QED) is 0.402. The summed E-state index contributed by atoms with van der Waals surface area (Å²) < 4.78 is 35.5. The number of carbonyl (C=O) groups is 2. The molecule has 1 aromatic heterocycles. The van der Waals surface area contributed by atoms with Crippen molar-refractivity contribution in [1.82, 2.24) is 0 Å². The second-order valence-electron chi connectivity index (χ2n) is 6.02. The highest BCUT2D eigenvalue weighted by molar-refractivity contribution is 7.21. The van der Waals surface area contributed by atoms with E-state index in [-0.39, 0.29) is 17.0 Å². The summed E-state index contributed by atoms with van der Waals surface area (Å²) in [7, 11) is 4.37. The molecule has 0 aliphatic heterocycles. The first kappa shape index (κ1) is 20.8. The predicted octanol–water partition coefficient (Wildman–Crippen LogP) is 4.24. The fourth-order valence-electron chi connectivity index (χ4n) is 2.92. The van der Waals surface area contributed by atoms with Crippen molar-refractivity contribution in [2.45, 2.75) is 6.61 Å². The summed E-state index contributed by atoms with van der Waals surface area (Å²) in [5.41, 5.74) is 0.640. The summed E-state index contributed by atoms with van der Waals surface area (Å²) >= 11 is 1.10. The van der Waals surface area contributed by atoms with E-state index in [1.54, 1.807) is 24.3 Å². The number of carbonyl (C=O) groups excluding carboxylic acids is 2. The molecule has 0 unspecified atom stereocenters. The van der Waals surface area contributed by atoms with Crippen molar-refractivity contribution in [3.8, 4) is 11.5 Å². The molecule has 0 fully saturated rings. The second-order valence-corrected chi connectivity index (χ2v) is 7.07. The number of esters is 1. The number of Topliss-reactive ketones (excluding diaryl/α,β-unsaturated/α-hetero) is 1. The molecule has 3 aromatic rings. The van der Waals surface area contributed by atoms with Crippen LogP contribution in [0.3, 0.4) is 0 Å². The molecule has 29 heavy (non-hydrogen) atoms. The number of rotatable bonds is 8. The average Bonchev–Trinajstić information content (AvgIpc) is 3.11. The minimum absolute atomic E-state index is 0.0447. The van der Waals surface area contributed by atoms with Crippen LogP contribution in [0, 0.1) is 5.82 Å². The number of ether oxygens (including phenoxy) is 4. The van der Waals surface area contributed by atoms with Gasteiger partial charge in [-0.1, -0.05) is 6.07 Å². The molecule has 8 heteroatoms. The lowest BCUT2D eigenvalue weighted by Crippen LogP contribution is -2.15. The standard InChI is InChI=1S/C21H19FO6S/c1-25-10-14-19-15(22)5-4-6-18(19)29-20(14)21(24)28-11-16(23)13-9-12(26-2)7-8-17(13)27-3/h4-9H,10-11H2,1-3H3. The molecule has 0 amide bonds. The lowest BCUT2D eigenvalue weighted by molar-refractivity contribution is 0.0475. The first-order valence-corrected chi connectivity index (χ1v) is 9.43. The third-order valence-corrected chi connectivity index (χ3v) is 5.46. The highest BCUT2D eigenvalue weighted by atomic mass is 32.1. The Hall–Kier alpha value is -2.97. The van der Waals surface area contributed by atoms with Crippen molar-refractivity contribution in [3.63, 3.8) is 0 Å². The number of thiophene rings is 1. The predicted molar refractivity (Wildman–Crippen MR) is 107 cm³/mol. The number of hydrogen-bond acceptors (Lipinski definition) is 7. The molecule has 6 nitrogen and oxygen atoms in total. The van der Waals surface area contributed by atoms with Crippen molar-refractivity contribution in [2.24, 2.45) is 0 Å². The van der Waals surface area contributed by atoms with Crippen molar-refractivity contribution >= 4 is 33.2 Å². The first-order chi connectivity index (χ1) is 14.0. The Kier molecular flexibility index (Phi) is 6.46. The maximum absolute atomic E-state index is 14.3. The van der Waals surface area contributed by atoms with E-state index in [1.807, 2.05) is 0 Å². The normalized spacial score (nSPS) is 10.8. The fourth-order valence-corrected chi connectivity index (χ4v) is 4.04. The first-order valence-electron chi connectivity index (χ1n) is 8.61. The van der Waals surface area contributed by atoms with E-state index in [0.717, 1.165) is 11.3 Å². The molecule has 0 radical (unpaired) electrons. The Balaban J connectivity index is 1.84. The van der Waals surface area contributed by atoms with Gasteiger partial charge in [0.05, 0.1) is 26.4 Å². The molecular weight excluding hydrogens is 399 g/mol. The van der Waals surface area contributed by atoms with E-state index in [0.29, 0.717) is 27.1 Å². The van der Waals surface area contributed by atoms with Gasteiger partial charge < -0.3 is 18.9 Å². The van der Waals surface area contributed by atoms with E-state index >= 15 is 0 Å². The van der Waals surface area contributed by atoms with Crippen LogP contribution >= 0.6 is 11.3 Å². The molecular formula is C21H19FO6S. The monoisotopic (exact) mass is 418 g/mol. The summed E-state index contributed by atoms with van der Waals surface area (Å²) in [5, 5.41) is 0.326. The summed E-state index contributed by atoms with van der Waals surface area (Å²) in [4.78, 5) is 25.4.